The summed E-state index contributed by atoms with van der Waals surface area (Å²) in [5.74, 6) is -0.620. The summed E-state index contributed by atoms with van der Waals surface area (Å²) in [6.07, 6.45) is 52.0. The maximum atomic E-state index is 12.6. The SMILES string of the molecule is CCCCCCCCCCCCCCCCCCCCCCCC(=O)OC(CCCC)CCCCCCCCCCCCCCCCC(=O)O. The second-order valence-electron chi connectivity index (χ2n) is 16.0. The Morgan fingerprint density at radius 1 is 0.360 bits per heavy atom. The summed E-state index contributed by atoms with van der Waals surface area (Å²) >= 11 is 0. The number of carbonyl (C=O) groups excluding carboxylic acids is 1. The number of ether oxygens (including phenoxy) is 1. The van der Waals surface area contributed by atoms with E-state index in [9.17, 15) is 9.59 Å². The van der Waals surface area contributed by atoms with Crippen LogP contribution in [0.1, 0.15) is 277 Å². The van der Waals surface area contributed by atoms with Crippen LogP contribution in [0.4, 0.5) is 0 Å². The van der Waals surface area contributed by atoms with Gasteiger partial charge in [0, 0.05) is 12.8 Å². The van der Waals surface area contributed by atoms with Gasteiger partial charge in [-0.3, -0.25) is 9.59 Å². The molecule has 298 valence electrons. The van der Waals surface area contributed by atoms with Crippen LogP contribution in [0.2, 0.25) is 0 Å². The molecule has 0 saturated carbocycles. The molecule has 50 heavy (non-hydrogen) atoms. The van der Waals surface area contributed by atoms with Gasteiger partial charge in [0.2, 0.25) is 0 Å². The maximum Gasteiger partial charge on any atom is 0.306 e. The number of esters is 1. The van der Waals surface area contributed by atoms with Crippen LogP contribution in [0.25, 0.3) is 0 Å². The van der Waals surface area contributed by atoms with Gasteiger partial charge in [-0.2, -0.15) is 0 Å². The van der Waals surface area contributed by atoms with Gasteiger partial charge in [-0.15, -0.1) is 0 Å². The topological polar surface area (TPSA) is 63.6 Å². The Hall–Kier alpha value is -1.06. The summed E-state index contributed by atoms with van der Waals surface area (Å²) in [7, 11) is 0. The van der Waals surface area contributed by atoms with Crippen molar-refractivity contribution in [2.45, 2.75) is 283 Å². The summed E-state index contributed by atoms with van der Waals surface area (Å²) < 4.78 is 5.96. The number of rotatable bonds is 43. The fourth-order valence-electron chi connectivity index (χ4n) is 7.41. The Balaban J connectivity index is 3.52. The molecule has 0 aromatic carbocycles. The molecule has 4 heteroatoms. The molecule has 0 fully saturated rings. The van der Waals surface area contributed by atoms with Gasteiger partial charge >= 0.3 is 11.9 Å². The lowest BCUT2D eigenvalue weighted by Crippen LogP contribution is -2.18. The van der Waals surface area contributed by atoms with Crippen molar-refractivity contribution in [3.63, 3.8) is 0 Å². The highest BCUT2D eigenvalue weighted by Crippen LogP contribution is 2.19. The van der Waals surface area contributed by atoms with Crippen LogP contribution in [0.3, 0.4) is 0 Å². The molecule has 0 aliphatic carbocycles. The molecule has 0 aliphatic rings. The van der Waals surface area contributed by atoms with Gasteiger partial charge in [0.05, 0.1) is 0 Å². The van der Waals surface area contributed by atoms with Crippen LogP contribution < -0.4 is 0 Å². The van der Waals surface area contributed by atoms with Gasteiger partial charge in [-0.1, -0.05) is 232 Å². The smallest absolute Gasteiger partial charge is 0.306 e. The lowest BCUT2D eigenvalue weighted by atomic mass is 10.0. The number of aliphatic carboxylic acids is 1. The fourth-order valence-corrected chi connectivity index (χ4v) is 7.41. The fraction of sp³-hybridized carbons (Fsp3) is 0.957. The Morgan fingerprint density at radius 2 is 0.620 bits per heavy atom. The van der Waals surface area contributed by atoms with Crippen LogP contribution >= 0.6 is 0 Å². The largest absolute Gasteiger partial charge is 0.481 e. The van der Waals surface area contributed by atoms with Crippen molar-refractivity contribution in [3.05, 3.63) is 0 Å². The summed E-state index contributed by atoms with van der Waals surface area (Å²) in [5, 5.41) is 8.68. The number of hydrogen-bond donors (Lipinski definition) is 1. The van der Waals surface area contributed by atoms with Crippen molar-refractivity contribution in [2.75, 3.05) is 0 Å². The molecule has 0 spiro atoms. The van der Waals surface area contributed by atoms with Gasteiger partial charge in [0.1, 0.15) is 6.10 Å². The molecule has 0 aromatic rings. The first-order valence-corrected chi connectivity index (χ1v) is 23.0. The molecule has 0 aromatic heterocycles. The predicted molar refractivity (Wildman–Crippen MR) is 218 cm³/mol. The van der Waals surface area contributed by atoms with Crippen LogP contribution in [-0.2, 0) is 14.3 Å². The molecule has 0 saturated heterocycles. The van der Waals surface area contributed by atoms with Gasteiger partial charge in [0.25, 0.3) is 0 Å². The highest BCUT2D eigenvalue weighted by atomic mass is 16.5. The molecule has 1 atom stereocenters. The molecule has 0 amide bonds. The second kappa shape index (κ2) is 42.4. The number of carbonyl (C=O) groups is 2. The van der Waals surface area contributed by atoms with Crippen LogP contribution in [0, 0.1) is 0 Å². The third-order valence-electron chi connectivity index (χ3n) is 10.8. The first kappa shape index (κ1) is 48.9. The Labute approximate surface area is 313 Å². The molecule has 1 unspecified atom stereocenters. The van der Waals surface area contributed by atoms with Crippen molar-refractivity contribution in [1.82, 2.24) is 0 Å². The highest BCUT2D eigenvalue weighted by molar-refractivity contribution is 5.69. The lowest BCUT2D eigenvalue weighted by molar-refractivity contribution is -0.150. The van der Waals surface area contributed by atoms with Gasteiger partial charge < -0.3 is 9.84 Å². The molecule has 0 rings (SSSR count). The number of unbranched alkanes of at least 4 members (excludes halogenated alkanes) is 34. The summed E-state index contributed by atoms with van der Waals surface area (Å²) in [6, 6.07) is 0. The van der Waals surface area contributed by atoms with Crippen molar-refractivity contribution in [1.29, 1.82) is 0 Å². The average Bonchev–Trinajstić information content (AvgIpc) is 3.10. The highest BCUT2D eigenvalue weighted by Gasteiger charge is 2.14. The molecule has 1 N–H and O–H groups in total. The molecule has 0 heterocycles. The van der Waals surface area contributed by atoms with Crippen molar-refractivity contribution in [3.8, 4) is 0 Å². The number of carboxylic acids is 1. The first-order chi connectivity index (χ1) is 24.6. The standard InChI is InChI=1S/C46H90O4/c1-3-5-7-8-9-10-11-12-13-14-15-16-17-18-19-24-27-30-33-36-39-43-46(49)50-44(40-6-4-2)41-37-34-31-28-25-22-20-21-23-26-29-32-35-38-42-45(47)48/h44H,3-43H2,1-2H3,(H,47,48). The summed E-state index contributed by atoms with van der Waals surface area (Å²) in [4.78, 5) is 23.1. The molecule has 0 aliphatic heterocycles. The first-order valence-electron chi connectivity index (χ1n) is 23.0. The van der Waals surface area contributed by atoms with Crippen molar-refractivity contribution >= 4 is 11.9 Å². The van der Waals surface area contributed by atoms with E-state index in [0.717, 1.165) is 38.5 Å². The molecule has 4 nitrogen and oxygen atoms in total. The van der Waals surface area contributed by atoms with E-state index in [1.165, 1.54) is 212 Å². The Morgan fingerprint density at radius 3 is 0.940 bits per heavy atom. The third kappa shape index (κ3) is 41.4. The minimum absolute atomic E-state index is 0.0436. The van der Waals surface area contributed by atoms with Crippen LogP contribution in [0.5, 0.6) is 0 Å². The van der Waals surface area contributed by atoms with E-state index in [4.69, 9.17) is 9.84 Å². The maximum absolute atomic E-state index is 12.6. The van der Waals surface area contributed by atoms with Crippen molar-refractivity contribution < 1.29 is 19.4 Å². The Kier molecular flexibility index (Phi) is 41.5. The zero-order chi connectivity index (χ0) is 36.4. The second-order valence-corrected chi connectivity index (χ2v) is 16.0. The van der Waals surface area contributed by atoms with E-state index in [-0.39, 0.29) is 12.1 Å². The predicted octanol–water partition coefficient (Wildman–Crippen LogP) is 16.0. The van der Waals surface area contributed by atoms with Gasteiger partial charge in [-0.25, -0.2) is 0 Å². The van der Waals surface area contributed by atoms with E-state index in [1.54, 1.807) is 0 Å². The zero-order valence-electron chi connectivity index (χ0n) is 34.2. The molecular weight excluding hydrogens is 617 g/mol. The average molecular weight is 707 g/mol. The quantitative estimate of drug-likeness (QED) is 0.0506. The molecular formula is C46H90O4. The zero-order valence-corrected chi connectivity index (χ0v) is 34.2. The van der Waals surface area contributed by atoms with Gasteiger partial charge in [0.15, 0.2) is 0 Å². The van der Waals surface area contributed by atoms with Crippen molar-refractivity contribution in [2.24, 2.45) is 0 Å². The van der Waals surface area contributed by atoms with Gasteiger partial charge in [-0.05, 0) is 32.1 Å². The number of hydrogen-bond acceptors (Lipinski definition) is 3. The van der Waals surface area contributed by atoms with E-state index in [2.05, 4.69) is 13.8 Å². The van der Waals surface area contributed by atoms with E-state index < -0.39 is 5.97 Å². The van der Waals surface area contributed by atoms with E-state index in [0.29, 0.717) is 12.8 Å². The summed E-state index contributed by atoms with van der Waals surface area (Å²) in [5.41, 5.74) is 0. The van der Waals surface area contributed by atoms with Crippen LogP contribution in [-0.4, -0.2) is 23.1 Å². The van der Waals surface area contributed by atoms with Crippen LogP contribution in [0.15, 0.2) is 0 Å². The monoisotopic (exact) mass is 707 g/mol. The summed E-state index contributed by atoms with van der Waals surface area (Å²) in [6.45, 7) is 4.52. The minimum Gasteiger partial charge on any atom is -0.481 e. The molecule has 0 bridgehead atoms. The third-order valence-corrected chi connectivity index (χ3v) is 10.8. The number of carboxylic acid groups (broad SMARTS) is 1. The Bertz CT molecular complexity index is 677. The van der Waals surface area contributed by atoms with E-state index in [1.807, 2.05) is 0 Å². The minimum atomic E-state index is -0.664. The normalized spacial score (nSPS) is 12.0. The lowest BCUT2D eigenvalue weighted by Gasteiger charge is -2.18. The van der Waals surface area contributed by atoms with E-state index >= 15 is 0 Å². The molecule has 0 radical (unpaired) electrons.